The SMILES string of the molecule is CCOCCN1CCN(C(=O)C2(N)CCCCC2)CC1.Cl.Cl. The Morgan fingerprint density at radius 3 is 2.23 bits per heavy atom. The van der Waals surface area contributed by atoms with Crippen molar-refractivity contribution in [2.24, 2.45) is 5.73 Å². The lowest BCUT2D eigenvalue weighted by atomic mass is 9.81. The van der Waals surface area contributed by atoms with E-state index in [9.17, 15) is 4.79 Å². The molecule has 2 rings (SSSR count). The maximum absolute atomic E-state index is 12.6. The van der Waals surface area contributed by atoms with Gasteiger partial charge in [-0.2, -0.15) is 0 Å². The number of halogens is 2. The third kappa shape index (κ3) is 5.85. The van der Waals surface area contributed by atoms with E-state index in [4.69, 9.17) is 10.5 Å². The number of amides is 1. The Labute approximate surface area is 146 Å². The van der Waals surface area contributed by atoms with Gasteiger partial charge in [-0.3, -0.25) is 9.69 Å². The quantitative estimate of drug-likeness (QED) is 0.762. The van der Waals surface area contributed by atoms with Gasteiger partial charge >= 0.3 is 0 Å². The summed E-state index contributed by atoms with van der Waals surface area (Å²) < 4.78 is 5.38. The molecule has 132 valence electrons. The smallest absolute Gasteiger partial charge is 0.242 e. The summed E-state index contributed by atoms with van der Waals surface area (Å²) in [5.74, 6) is 0.182. The van der Waals surface area contributed by atoms with E-state index in [2.05, 4.69) is 4.90 Å². The molecule has 0 atom stereocenters. The van der Waals surface area contributed by atoms with Crippen molar-refractivity contribution in [2.75, 3.05) is 45.9 Å². The van der Waals surface area contributed by atoms with Crippen molar-refractivity contribution in [3.05, 3.63) is 0 Å². The van der Waals surface area contributed by atoms with Crippen LogP contribution in [0.5, 0.6) is 0 Å². The van der Waals surface area contributed by atoms with Crippen LogP contribution in [0.3, 0.4) is 0 Å². The van der Waals surface area contributed by atoms with E-state index in [0.29, 0.717) is 0 Å². The number of piperazine rings is 1. The Balaban J connectivity index is 0.00000220. The average Bonchev–Trinajstić information content (AvgIpc) is 2.48. The Kier molecular flexibility index (Phi) is 10.6. The molecule has 2 N–H and O–H groups in total. The molecule has 1 aliphatic heterocycles. The van der Waals surface area contributed by atoms with Gasteiger partial charge in [0.15, 0.2) is 0 Å². The summed E-state index contributed by atoms with van der Waals surface area (Å²) in [6.45, 7) is 8.03. The first kappa shape index (κ1) is 21.9. The average molecular weight is 356 g/mol. The molecule has 2 fully saturated rings. The van der Waals surface area contributed by atoms with E-state index in [1.54, 1.807) is 0 Å². The standard InChI is InChI=1S/C15H29N3O2.2ClH/c1-2-20-13-12-17-8-10-18(11-9-17)14(19)15(16)6-4-3-5-7-15;;/h2-13,16H2,1H3;2*1H. The van der Waals surface area contributed by atoms with Gasteiger partial charge in [0, 0.05) is 39.3 Å². The molecule has 0 radical (unpaired) electrons. The van der Waals surface area contributed by atoms with Gasteiger partial charge < -0.3 is 15.4 Å². The van der Waals surface area contributed by atoms with Crippen LogP contribution in [0.2, 0.25) is 0 Å². The van der Waals surface area contributed by atoms with Crippen molar-refractivity contribution < 1.29 is 9.53 Å². The van der Waals surface area contributed by atoms with Gasteiger partial charge in [-0.25, -0.2) is 0 Å². The molecular formula is C15H31Cl2N3O2. The van der Waals surface area contributed by atoms with Crippen molar-refractivity contribution in [2.45, 2.75) is 44.6 Å². The van der Waals surface area contributed by atoms with Gasteiger partial charge in [-0.1, -0.05) is 19.3 Å². The predicted octanol–water partition coefficient (Wildman–Crippen LogP) is 1.67. The lowest BCUT2D eigenvalue weighted by Crippen LogP contribution is -2.60. The second-order valence-electron chi connectivity index (χ2n) is 6.05. The van der Waals surface area contributed by atoms with Gasteiger partial charge in [0.2, 0.25) is 5.91 Å². The number of carbonyl (C=O) groups excluding carboxylic acids is 1. The predicted molar refractivity (Wildman–Crippen MR) is 94.0 cm³/mol. The lowest BCUT2D eigenvalue weighted by Gasteiger charge is -2.41. The molecule has 0 aromatic carbocycles. The summed E-state index contributed by atoms with van der Waals surface area (Å²) in [6.07, 6.45) is 5.12. The van der Waals surface area contributed by atoms with Crippen LogP contribution < -0.4 is 5.73 Å². The highest BCUT2D eigenvalue weighted by molar-refractivity contribution is 5.86. The van der Waals surface area contributed by atoms with Crippen LogP contribution in [0.4, 0.5) is 0 Å². The normalized spacial score (nSPS) is 21.6. The van der Waals surface area contributed by atoms with Gasteiger partial charge in [0.25, 0.3) is 0 Å². The zero-order chi connectivity index (χ0) is 14.4. The summed E-state index contributed by atoms with van der Waals surface area (Å²) in [5, 5.41) is 0. The minimum atomic E-state index is -0.578. The van der Waals surface area contributed by atoms with Crippen LogP contribution in [-0.4, -0.2) is 67.2 Å². The zero-order valence-electron chi connectivity index (χ0n) is 13.6. The summed E-state index contributed by atoms with van der Waals surface area (Å²) >= 11 is 0. The molecule has 2 aliphatic rings. The minimum absolute atomic E-state index is 0. The second kappa shape index (κ2) is 10.7. The number of hydrogen-bond donors (Lipinski definition) is 1. The Hall–Kier alpha value is -0.0700. The van der Waals surface area contributed by atoms with Crippen molar-refractivity contribution in [3.63, 3.8) is 0 Å². The highest BCUT2D eigenvalue weighted by Crippen LogP contribution is 2.28. The van der Waals surface area contributed by atoms with Gasteiger partial charge in [0.1, 0.15) is 0 Å². The number of rotatable bonds is 5. The summed E-state index contributed by atoms with van der Waals surface area (Å²) in [6, 6.07) is 0. The number of ether oxygens (including phenoxy) is 1. The van der Waals surface area contributed by atoms with E-state index in [1.807, 2.05) is 11.8 Å². The molecule has 1 saturated carbocycles. The number of nitrogens with zero attached hydrogens (tertiary/aromatic N) is 2. The second-order valence-corrected chi connectivity index (χ2v) is 6.05. The van der Waals surface area contributed by atoms with Crippen LogP contribution in [0.15, 0.2) is 0 Å². The maximum atomic E-state index is 12.6. The Morgan fingerprint density at radius 2 is 1.68 bits per heavy atom. The van der Waals surface area contributed by atoms with Crippen LogP contribution in [-0.2, 0) is 9.53 Å². The lowest BCUT2D eigenvalue weighted by molar-refractivity contribution is -0.140. The van der Waals surface area contributed by atoms with E-state index in [-0.39, 0.29) is 30.7 Å². The molecule has 5 nitrogen and oxygen atoms in total. The van der Waals surface area contributed by atoms with Crippen molar-refractivity contribution in [3.8, 4) is 0 Å². The van der Waals surface area contributed by atoms with E-state index in [0.717, 1.165) is 71.6 Å². The third-order valence-electron chi connectivity index (χ3n) is 4.59. The fourth-order valence-corrected chi connectivity index (χ4v) is 3.22. The molecule has 1 heterocycles. The van der Waals surface area contributed by atoms with Crippen LogP contribution in [0.25, 0.3) is 0 Å². The largest absolute Gasteiger partial charge is 0.380 e. The van der Waals surface area contributed by atoms with Gasteiger partial charge in [-0.05, 0) is 19.8 Å². The molecule has 1 amide bonds. The number of carbonyl (C=O) groups is 1. The fourth-order valence-electron chi connectivity index (χ4n) is 3.22. The maximum Gasteiger partial charge on any atom is 0.242 e. The molecule has 0 spiro atoms. The highest BCUT2D eigenvalue weighted by atomic mass is 35.5. The van der Waals surface area contributed by atoms with Crippen LogP contribution in [0, 0.1) is 0 Å². The minimum Gasteiger partial charge on any atom is -0.380 e. The third-order valence-corrected chi connectivity index (χ3v) is 4.59. The van der Waals surface area contributed by atoms with E-state index in [1.165, 1.54) is 6.42 Å². The molecule has 0 aromatic heterocycles. The molecule has 0 aromatic rings. The van der Waals surface area contributed by atoms with Crippen LogP contribution >= 0.6 is 24.8 Å². The summed E-state index contributed by atoms with van der Waals surface area (Å²) in [4.78, 5) is 16.9. The number of hydrogen-bond acceptors (Lipinski definition) is 4. The Morgan fingerprint density at radius 1 is 1.09 bits per heavy atom. The van der Waals surface area contributed by atoms with Gasteiger partial charge in [-0.15, -0.1) is 24.8 Å². The molecular weight excluding hydrogens is 325 g/mol. The summed E-state index contributed by atoms with van der Waals surface area (Å²) in [5.41, 5.74) is 5.76. The fraction of sp³-hybridized carbons (Fsp3) is 0.933. The first-order valence-corrected chi connectivity index (χ1v) is 8.04. The van der Waals surface area contributed by atoms with Crippen molar-refractivity contribution in [1.82, 2.24) is 9.80 Å². The summed E-state index contributed by atoms with van der Waals surface area (Å²) in [7, 11) is 0. The molecule has 22 heavy (non-hydrogen) atoms. The van der Waals surface area contributed by atoms with E-state index < -0.39 is 5.54 Å². The first-order chi connectivity index (χ1) is 9.65. The topological polar surface area (TPSA) is 58.8 Å². The highest BCUT2D eigenvalue weighted by Gasteiger charge is 2.39. The van der Waals surface area contributed by atoms with Crippen molar-refractivity contribution in [1.29, 1.82) is 0 Å². The zero-order valence-corrected chi connectivity index (χ0v) is 15.2. The molecule has 0 unspecified atom stereocenters. The number of nitrogens with two attached hydrogens (primary N) is 1. The molecule has 0 bridgehead atoms. The molecule has 1 saturated heterocycles. The Bertz CT molecular complexity index is 318. The molecule has 1 aliphatic carbocycles. The van der Waals surface area contributed by atoms with E-state index >= 15 is 0 Å². The monoisotopic (exact) mass is 355 g/mol. The van der Waals surface area contributed by atoms with Crippen LogP contribution in [0.1, 0.15) is 39.0 Å². The van der Waals surface area contributed by atoms with Crippen molar-refractivity contribution >= 4 is 30.7 Å². The first-order valence-electron chi connectivity index (χ1n) is 8.04. The van der Waals surface area contributed by atoms with Gasteiger partial charge in [0.05, 0.1) is 12.1 Å². The molecule has 7 heteroatoms.